The number of benzene rings is 1. The summed E-state index contributed by atoms with van der Waals surface area (Å²) < 4.78 is 12.9. The molecule has 2 atom stereocenters. The van der Waals surface area contributed by atoms with Crippen molar-refractivity contribution in [2.45, 2.75) is 39.3 Å². The van der Waals surface area contributed by atoms with E-state index in [1.165, 1.54) is 12.1 Å². The van der Waals surface area contributed by atoms with Crippen molar-refractivity contribution in [1.82, 2.24) is 10.6 Å². The molecule has 0 aliphatic heterocycles. The van der Waals surface area contributed by atoms with Crippen molar-refractivity contribution in [1.29, 1.82) is 0 Å². The minimum atomic E-state index is -1.02. The minimum Gasteiger partial charge on any atom is -0.481 e. The number of carbonyl (C=O) groups excluding carboxylic acids is 2. The molecule has 0 aliphatic rings. The third-order valence-electron chi connectivity index (χ3n) is 3.21. The molecule has 0 spiro atoms. The van der Waals surface area contributed by atoms with Crippen molar-refractivity contribution in [2.24, 2.45) is 5.92 Å². The lowest BCUT2D eigenvalue weighted by molar-refractivity contribution is -0.137. The zero-order chi connectivity index (χ0) is 17.6. The Morgan fingerprint density at radius 1 is 1.09 bits per heavy atom. The molecular formula is C16H21FN2O4. The second-order valence-corrected chi connectivity index (χ2v) is 5.71. The number of amides is 2. The quantitative estimate of drug-likeness (QED) is 0.709. The third-order valence-corrected chi connectivity index (χ3v) is 3.21. The van der Waals surface area contributed by atoms with Gasteiger partial charge in [0.1, 0.15) is 11.9 Å². The lowest BCUT2D eigenvalue weighted by Gasteiger charge is -2.23. The highest BCUT2D eigenvalue weighted by Gasteiger charge is 2.26. The monoisotopic (exact) mass is 324 g/mol. The van der Waals surface area contributed by atoms with Crippen LogP contribution in [-0.4, -0.2) is 35.0 Å². The van der Waals surface area contributed by atoms with Gasteiger partial charge in [0, 0.05) is 11.6 Å². The van der Waals surface area contributed by atoms with E-state index in [1.54, 1.807) is 20.8 Å². The Kier molecular flexibility index (Phi) is 6.68. The molecular weight excluding hydrogens is 303 g/mol. The summed E-state index contributed by atoms with van der Waals surface area (Å²) in [5, 5.41) is 13.9. The van der Waals surface area contributed by atoms with Gasteiger partial charge in [0.25, 0.3) is 5.91 Å². The van der Waals surface area contributed by atoms with Crippen molar-refractivity contribution in [3.8, 4) is 0 Å². The average molecular weight is 324 g/mol. The van der Waals surface area contributed by atoms with E-state index in [-0.39, 0.29) is 17.9 Å². The average Bonchev–Trinajstić information content (AvgIpc) is 2.43. The number of rotatable bonds is 7. The second kappa shape index (κ2) is 8.26. The summed E-state index contributed by atoms with van der Waals surface area (Å²) in [4.78, 5) is 35.0. The Morgan fingerprint density at radius 3 is 2.13 bits per heavy atom. The van der Waals surface area contributed by atoms with E-state index in [0.717, 1.165) is 12.1 Å². The molecule has 0 fully saturated rings. The van der Waals surface area contributed by atoms with Gasteiger partial charge in [-0.05, 0) is 37.1 Å². The van der Waals surface area contributed by atoms with E-state index in [1.807, 2.05) is 0 Å². The summed E-state index contributed by atoms with van der Waals surface area (Å²) in [5.74, 6) is -2.62. The Hall–Kier alpha value is -2.44. The van der Waals surface area contributed by atoms with Gasteiger partial charge in [0.2, 0.25) is 5.91 Å². The van der Waals surface area contributed by atoms with E-state index in [9.17, 15) is 18.8 Å². The standard InChI is InChI=1S/C16H21FN2O4/c1-9(2)14(16(23)18-10(3)8-13(20)21)19-15(22)11-4-6-12(17)7-5-11/h4-7,9-10,14H,8H2,1-3H3,(H,18,23)(H,19,22)(H,20,21). The van der Waals surface area contributed by atoms with Crippen LogP contribution < -0.4 is 10.6 Å². The summed E-state index contributed by atoms with van der Waals surface area (Å²) >= 11 is 0. The molecule has 6 nitrogen and oxygen atoms in total. The molecule has 0 bridgehead atoms. The van der Waals surface area contributed by atoms with Crippen molar-refractivity contribution in [3.05, 3.63) is 35.6 Å². The van der Waals surface area contributed by atoms with Crippen LogP contribution in [0.15, 0.2) is 24.3 Å². The SMILES string of the molecule is CC(CC(=O)O)NC(=O)C(NC(=O)c1ccc(F)cc1)C(C)C. The van der Waals surface area contributed by atoms with Gasteiger partial charge < -0.3 is 15.7 Å². The van der Waals surface area contributed by atoms with Crippen LogP contribution >= 0.6 is 0 Å². The van der Waals surface area contributed by atoms with Gasteiger partial charge in [-0.2, -0.15) is 0 Å². The van der Waals surface area contributed by atoms with E-state index in [2.05, 4.69) is 10.6 Å². The van der Waals surface area contributed by atoms with Gasteiger partial charge in [0.05, 0.1) is 6.42 Å². The van der Waals surface area contributed by atoms with Gasteiger partial charge in [-0.1, -0.05) is 13.8 Å². The van der Waals surface area contributed by atoms with E-state index < -0.39 is 35.7 Å². The smallest absolute Gasteiger partial charge is 0.305 e. The molecule has 1 aromatic rings. The zero-order valence-corrected chi connectivity index (χ0v) is 13.3. The molecule has 7 heteroatoms. The number of hydrogen-bond donors (Lipinski definition) is 3. The maximum Gasteiger partial charge on any atom is 0.305 e. The molecule has 1 aromatic carbocycles. The van der Waals surface area contributed by atoms with Crippen molar-refractivity contribution >= 4 is 17.8 Å². The summed E-state index contributed by atoms with van der Waals surface area (Å²) in [7, 11) is 0. The molecule has 1 rings (SSSR count). The normalized spacial score (nSPS) is 13.3. The van der Waals surface area contributed by atoms with Crippen LogP contribution in [0.2, 0.25) is 0 Å². The number of hydrogen-bond acceptors (Lipinski definition) is 3. The van der Waals surface area contributed by atoms with E-state index >= 15 is 0 Å². The Morgan fingerprint density at radius 2 is 1.65 bits per heavy atom. The maximum atomic E-state index is 12.9. The summed E-state index contributed by atoms with van der Waals surface area (Å²) in [5.41, 5.74) is 0.239. The molecule has 0 aromatic heterocycles. The van der Waals surface area contributed by atoms with Crippen LogP contribution in [0.3, 0.4) is 0 Å². The van der Waals surface area contributed by atoms with Gasteiger partial charge >= 0.3 is 5.97 Å². The van der Waals surface area contributed by atoms with Crippen LogP contribution in [0.4, 0.5) is 4.39 Å². The van der Waals surface area contributed by atoms with E-state index in [0.29, 0.717) is 0 Å². The fourth-order valence-electron chi connectivity index (χ4n) is 2.01. The molecule has 0 aliphatic carbocycles. The van der Waals surface area contributed by atoms with Crippen LogP contribution in [0, 0.1) is 11.7 Å². The number of aliphatic carboxylic acids is 1. The molecule has 0 saturated heterocycles. The first-order valence-electron chi connectivity index (χ1n) is 7.29. The molecule has 0 saturated carbocycles. The Balaban J connectivity index is 2.74. The second-order valence-electron chi connectivity index (χ2n) is 5.71. The highest BCUT2D eigenvalue weighted by Crippen LogP contribution is 2.07. The van der Waals surface area contributed by atoms with E-state index in [4.69, 9.17) is 5.11 Å². The fraction of sp³-hybridized carbons (Fsp3) is 0.438. The van der Waals surface area contributed by atoms with Gasteiger partial charge in [-0.25, -0.2) is 4.39 Å². The molecule has 0 radical (unpaired) electrons. The number of carboxylic acids is 1. The summed E-state index contributed by atoms with van der Waals surface area (Å²) in [6, 6.07) is 3.61. The maximum absolute atomic E-state index is 12.9. The number of halogens is 1. The largest absolute Gasteiger partial charge is 0.481 e. The van der Waals surface area contributed by atoms with Gasteiger partial charge in [-0.3, -0.25) is 14.4 Å². The molecule has 126 valence electrons. The zero-order valence-electron chi connectivity index (χ0n) is 13.3. The highest BCUT2D eigenvalue weighted by atomic mass is 19.1. The summed E-state index contributed by atoms with van der Waals surface area (Å²) in [6.07, 6.45) is -0.206. The molecule has 2 amide bonds. The van der Waals surface area contributed by atoms with Crippen LogP contribution in [0.25, 0.3) is 0 Å². The molecule has 23 heavy (non-hydrogen) atoms. The lowest BCUT2D eigenvalue weighted by atomic mass is 10.0. The molecule has 3 N–H and O–H groups in total. The molecule has 0 heterocycles. The first kappa shape index (κ1) is 18.6. The number of carboxylic acid groups (broad SMARTS) is 1. The van der Waals surface area contributed by atoms with Crippen molar-refractivity contribution < 1.29 is 23.9 Å². The lowest BCUT2D eigenvalue weighted by Crippen LogP contribution is -2.51. The van der Waals surface area contributed by atoms with Crippen molar-refractivity contribution in [3.63, 3.8) is 0 Å². The molecule has 2 unspecified atom stereocenters. The third kappa shape index (κ3) is 6.06. The Bertz CT molecular complexity index is 572. The first-order valence-corrected chi connectivity index (χ1v) is 7.29. The Labute approximate surface area is 134 Å². The minimum absolute atomic E-state index is 0.198. The number of nitrogens with one attached hydrogen (secondary N) is 2. The van der Waals surface area contributed by atoms with Gasteiger partial charge in [0.15, 0.2) is 0 Å². The number of carbonyl (C=O) groups is 3. The summed E-state index contributed by atoms with van der Waals surface area (Å²) in [6.45, 7) is 5.10. The topological polar surface area (TPSA) is 95.5 Å². The fourth-order valence-corrected chi connectivity index (χ4v) is 2.01. The van der Waals surface area contributed by atoms with Crippen LogP contribution in [0.1, 0.15) is 37.6 Å². The van der Waals surface area contributed by atoms with Crippen LogP contribution in [0.5, 0.6) is 0 Å². The highest BCUT2D eigenvalue weighted by molar-refractivity contribution is 5.97. The predicted octanol–water partition coefficient (Wildman–Crippen LogP) is 1.56. The van der Waals surface area contributed by atoms with Crippen LogP contribution in [-0.2, 0) is 9.59 Å². The van der Waals surface area contributed by atoms with Crippen molar-refractivity contribution in [2.75, 3.05) is 0 Å². The predicted molar refractivity (Wildman–Crippen MR) is 82.3 cm³/mol. The first-order chi connectivity index (χ1) is 10.7. The van der Waals surface area contributed by atoms with Gasteiger partial charge in [-0.15, -0.1) is 0 Å².